The van der Waals surface area contributed by atoms with Gasteiger partial charge in [-0.3, -0.25) is 15.1 Å². The molecular weight excluding hydrogens is 516 g/mol. The summed E-state index contributed by atoms with van der Waals surface area (Å²) in [6.07, 6.45) is 1.84. The van der Waals surface area contributed by atoms with Gasteiger partial charge in [-0.1, -0.05) is 50.6 Å². The molecule has 4 rings (SSSR count). The molecule has 0 spiro atoms. The molecule has 10 nitrogen and oxygen atoms in total. The second-order valence-corrected chi connectivity index (χ2v) is 11.6. The van der Waals surface area contributed by atoms with Crippen LogP contribution in [0.3, 0.4) is 0 Å². The van der Waals surface area contributed by atoms with Gasteiger partial charge in [-0.15, -0.1) is 0 Å². The summed E-state index contributed by atoms with van der Waals surface area (Å²) in [5.74, 6) is 0.850. The minimum Gasteiger partial charge on any atom is -0.370 e. The first-order chi connectivity index (χ1) is 19.5. The van der Waals surface area contributed by atoms with E-state index in [2.05, 4.69) is 47.0 Å². The van der Waals surface area contributed by atoms with Gasteiger partial charge in [0.15, 0.2) is 11.7 Å². The van der Waals surface area contributed by atoms with Gasteiger partial charge in [-0.05, 0) is 68.6 Å². The normalized spacial score (nSPS) is 15.3. The minimum absolute atomic E-state index is 0.0703. The van der Waals surface area contributed by atoms with E-state index in [1.54, 1.807) is 11.7 Å². The van der Waals surface area contributed by atoms with Crippen molar-refractivity contribution < 1.29 is 9.59 Å². The molecule has 41 heavy (non-hydrogen) atoms. The van der Waals surface area contributed by atoms with Crippen molar-refractivity contribution in [2.24, 2.45) is 16.6 Å². The van der Waals surface area contributed by atoms with Gasteiger partial charge in [0.2, 0.25) is 0 Å². The summed E-state index contributed by atoms with van der Waals surface area (Å²) in [6.45, 7) is 10.2. The Hall–Kier alpha value is -4.18. The molecule has 1 fully saturated rings. The Morgan fingerprint density at radius 2 is 1.73 bits per heavy atom. The monoisotopic (exact) mass is 558 g/mol. The number of nitrogens with two attached hydrogens (primary N) is 1. The highest BCUT2D eigenvalue weighted by atomic mass is 16.2. The molecule has 3 aromatic rings. The highest BCUT2D eigenvalue weighted by Gasteiger charge is 2.30. The third-order valence-electron chi connectivity index (χ3n) is 7.41. The molecule has 1 atom stereocenters. The Labute approximate surface area is 242 Å². The van der Waals surface area contributed by atoms with Crippen molar-refractivity contribution in [2.75, 3.05) is 37.3 Å². The molecule has 1 aliphatic rings. The standard InChI is InChI=1S/C31H42N8O2/c1-20-6-12-24(13-7-20)39-27(18-26(38-39)31(2,3)4)37-30(41)36-23-10-8-21(9-11-23)28(22-14-16-34-17-15-22)25(40)19-35-29(32)33-5/h6-13,18,22,28,34H,14-17,19H2,1-5H3,(H3,32,33,35)(H2,36,37,41). The highest BCUT2D eigenvalue weighted by molar-refractivity contribution is 5.99. The lowest BCUT2D eigenvalue weighted by atomic mass is 9.78. The zero-order valence-corrected chi connectivity index (χ0v) is 24.6. The molecular formula is C31H42N8O2. The molecule has 1 unspecified atom stereocenters. The van der Waals surface area contributed by atoms with E-state index < -0.39 is 0 Å². The van der Waals surface area contributed by atoms with Gasteiger partial charge in [-0.2, -0.15) is 5.10 Å². The van der Waals surface area contributed by atoms with Gasteiger partial charge in [-0.25, -0.2) is 9.48 Å². The van der Waals surface area contributed by atoms with Crippen LogP contribution in [0.4, 0.5) is 16.3 Å². The first kappa shape index (κ1) is 29.8. The number of guanidine groups is 1. The first-order valence-corrected chi connectivity index (χ1v) is 14.1. The number of hydrogen-bond donors (Lipinski definition) is 5. The van der Waals surface area contributed by atoms with Crippen LogP contribution >= 0.6 is 0 Å². The fourth-order valence-electron chi connectivity index (χ4n) is 5.04. The second-order valence-electron chi connectivity index (χ2n) is 11.6. The van der Waals surface area contributed by atoms with Crippen LogP contribution in [0.2, 0.25) is 0 Å². The maximum absolute atomic E-state index is 13.3. The van der Waals surface area contributed by atoms with E-state index in [0.717, 1.165) is 48.4 Å². The molecule has 0 aliphatic carbocycles. The Morgan fingerprint density at radius 1 is 1.07 bits per heavy atom. The quantitative estimate of drug-likeness (QED) is 0.206. The Morgan fingerprint density at radius 3 is 2.34 bits per heavy atom. The zero-order chi connectivity index (χ0) is 29.6. The van der Waals surface area contributed by atoms with Gasteiger partial charge in [0.1, 0.15) is 5.82 Å². The van der Waals surface area contributed by atoms with Crippen LogP contribution in [0.25, 0.3) is 5.69 Å². The van der Waals surface area contributed by atoms with Crippen LogP contribution in [0.5, 0.6) is 0 Å². The maximum atomic E-state index is 13.3. The van der Waals surface area contributed by atoms with E-state index in [1.165, 1.54) is 0 Å². The predicted octanol–water partition coefficient (Wildman–Crippen LogP) is 4.31. The molecule has 218 valence electrons. The van der Waals surface area contributed by atoms with Crippen molar-refractivity contribution in [2.45, 2.75) is 51.9 Å². The fourth-order valence-corrected chi connectivity index (χ4v) is 5.04. The number of hydrogen-bond acceptors (Lipinski definition) is 5. The number of aliphatic imine (C=N–C) groups is 1. The summed E-state index contributed by atoms with van der Waals surface area (Å²) in [7, 11) is 1.58. The summed E-state index contributed by atoms with van der Waals surface area (Å²) < 4.78 is 1.75. The topological polar surface area (TPSA) is 138 Å². The SMILES string of the molecule is CN=C(N)NCC(=O)C(c1ccc(NC(=O)Nc2cc(C(C)(C)C)nn2-c2ccc(C)cc2)cc1)C1CCNCC1. The highest BCUT2D eigenvalue weighted by Crippen LogP contribution is 2.33. The largest absolute Gasteiger partial charge is 0.370 e. The third-order valence-corrected chi connectivity index (χ3v) is 7.41. The van der Waals surface area contributed by atoms with Crippen molar-refractivity contribution in [3.63, 3.8) is 0 Å². The summed E-state index contributed by atoms with van der Waals surface area (Å²) in [5.41, 5.74) is 9.99. The number of nitrogens with zero attached hydrogens (tertiary/aromatic N) is 3. The molecule has 1 saturated heterocycles. The molecule has 1 aliphatic heterocycles. The number of carbonyl (C=O) groups excluding carboxylic acids is 2. The maximum Gasteiger partial charge on any atom is 0.324 e. The summed E-state index contributed by atoms with van der Waals surface area (Å²) >= 11 is 0. The summed E-state index contributed by atoms with van der Waals surface area (Å²) in [4.78, 5) is 30.2. The van der Waals surface area contributed by atoms with Crippen LogP contribution in [0.15, 0.2) is 59.6 Å². The Balaban J connectivity index is 1.50. The van der Waals surface area contributed by atoms with E-state index in [0.29, 0.717) is 11.5 Å². The van der Waals surface area contributed by atoms with Crippen molar-refractivity contribution >= 4 is 29.3 Å². The lowest BCUT2D eigenvalue weighted by molar-refractivity contribution is -0.120. The number of urea groups is 1. The lowest BCUT2D eigenvalue weighted by Gasteiger charge is -2.30. The van der Waals surface area contributed by atoms with E-state index >= 15 is 0 Å². The van der Waals surface area contributed by atoms with Gasteiger partial charge in [0.25, 0.3) is 0 Å². The predicted molar refractivity (Wildman–Crippen MR) is 165 cm³/mol. The van der Waals surface area contributed by atoms with Crippen LogP contribution in [0.1, 0.15) is 56.4 Å². The number of piperidine rings is 1. The second kappa shape index (κ2) is 13.0. The molecule has 6 N–H and O–H groups in total. The molecule has 10 heteroatoms. The zero-order valence-electron chi connectivity index (χ0n) is 24.6. The first-order valence-electron chi connectivity index (χ1n) is 14.1. The fraction of sp³-hybridized carbons (Fsp3) is 0.419. The van der Waals surface area contributed by atoms with Crippen LogP contribution < -0.4 is 27.0 Å². The van der Waals surface area contributed by atoms with E-state index in [4.69, 9.17) is 10.8 Å². The van der Waals surface area contributed by atoms with Gasteiger partial charge in [0, 0.05) is 30.1 Å². The van der Waals surface area contributed by atoms with E-state index in [9.17, 15) is 9.59 Å². The van der Waals surface area contributed by atoms with Gasteiger partial charge >= 0.3 is 6.03 Å². The molecule has 2 heterocycles. The number of ketones is 1. The number of nitrogens with one attached hydrogen (secondary N) is 4. The average Bonchev–Trinajstić information content (AvgIpc) is 3.38. The molecule has 1 aromatic heterocycles. The van der Waals surface area contributed by atoms with Crippen molar-refractivity contribution in [1.29, 1.82) is 0 Å². The Bertz CT molecular complexity index is 1360. The summed E-state index contributed by atoms with van der Waals surface area (Å²) in [6, 6.07) is 17.0. The molecule has 0 saturated carbocycles. The number of Topliss-reactive ketones (excluding diaryl/α,β-unsaturated/α-hetero) is 1. The number of aryl methyl sites for hydroxylation is 1. The van der Waals surface area contributed by atoms with Crippen LogP contribution in [-0.4, -0.2) is 54.2 Å². The minimum atomic E-state index is -0.379. The van der Waals surface area contributed by atoms with Gasteiger partial charge in [0.05, 0.1) is 17.9 Å². The number of benzene rings is 2. The van der Waals surface area contributed by atoms with Crippen LogP contribution in [-0.2, 0) is 10.2 Å². The van der Waals surface area contributed by atoms with Crippen LogP contribution in [0, 0.1) is 12.8 Å². The molecule has 0 radical (unpaired) electrons. The smallest absolute Gasteiger partial charge is 0.324 e. The number of carbonyl (C=O) groups is 2. The van der Waals surface area contributed by atoms with E-state index in [1.807, 2.05) is 61.5 Å². The number of anilines is 2. The molecule has 0 bridgehead atoms. The van der Waals surface area contributed by atoms with Crippen molar-refractivity contribution in [1.82, 2.24) is 20.4 Å². The summed E-state index contributed by atoms with van der Waals surface area (Å²) in [5, 5.41) is 16.9. The van der Waals surface area contributed by atoms with Crippen molar-refractivity contribution in [3.8, 4) is 5.69 Å². The number of amides is 2. The third kappa shape index (κ3) is 7.73. The Kier molecular flexibility index (Phi) is 9.44. The molecule has 2 amide bonds. The molecule has 2 aromatic carbocycles. The lowest BCUT2D eigenvalue weighted by Crippen LogP contribution is -2.40. The number of rotatable bonds is 8. The van der Waals surface area contributed by atoms with Crippen molar-refractivity contribution in [3.05, 3.63) is 71.4 Å². The van der Waals surface area contributed by atoms with E-state index in [-0.39, 0.29) is 41.6 Å². The van der Waals surface area contributed by atoms with Gasteiger partial charge < -0.3 is 21.7 Å². The average molecular weight is 559 g/mol. The number of aromatic nitrogens is 2.